The first kappa shape index (κ1) is 21.1. The molecule has 2 aromatic rings. The number of pyridine rings is 1. The van der Waals surface area contributed by atoms with E-state index in [0.717, 1.165) is 31.4 Å². The molecular weight excluding hydrogens is 374 g/mol. The van der Waals surface area contributed by atoms with Crippen molar-refractivity contribution < 1.29 is 19.0 Å². The van der Waals surface area contributed by atoms with Crippen LogP contribution in [0.15, 0.2) is 24.5 Å². The van der Waals surface area contributed by atoms with Crippen LogP contribution in [0.1, 0.15) is 25.3 Å². The number of urea groups is 1. The molecule has 2 atom stereocenters. The van der Waals surface area contributed by atoms with Gasteiger partial charge in [-0.3, -0.25) is 5.32 Å². The zero-order valence-corrected chi connectivity index (χ0v) is 17.2. The number of aryl methyl sites for hydroxylation is 1. The summed E-state index contributed by atoms with van der Waals surface area (Å²) in [7, 11) is 3.25. The Morgan fingerprint density at radius 2 is 2.31 bits per heavy atom. The minimum atomic E-state index is -0.356. The monoisotopic (exact) mass is 403 g/mol. The lowest BCUT2D eigenvalue weighted by molar-refractivity contribution is -0.0473. The summed E-state index contributed by atoms with van der Waals surface area (Å²) in [6, 6.07) is 3.37. The highest BCUT2D eigenvalue weighted by molar-refractivity contribution is 5.89. The summed E-state index contributed by atoms with van der Waals surface area (Å²) in [5, 5.41) is 9.47. The van der Waals surface area contributed by atoms with Crippen molar-refractivity contribution in [2.24, 2.45) is 5.92 Å². The number of carbonyl (C=O) groups excluding carboxylic acids is 1. The van der Waals surface area contributed by atoms with Crippen LogP contribution in [0.5, 0.6) is 11.6 Å². The van der Waals surface area contributed by atoms with Crippen LogP contribution < -0.4 is 15.4 Å². The summed E-state index contributed by atoms with van der Waals surface area (Å²) >= 11 is 0. The van der Waals surface area contributed by atoms with E-state index in [2.05, 4.69) is 20.7 Å². The number of hydrogen-bond acceptors (Lipinski definition) is 6. The fraction of sp³-hybridized carbons (Fsp3) is 0.550. The molecule has 0 radical (unpaired) electrons. The van der Waals surface area contributed by atoms with Crippen molar-refractivity contribution in [1.82, 2.24) is 20.1 Å². The molecule has 3 rings (SSSR count). The zero-order chi connectivity index (χ0) is 20.6. The van der Waals surface area contributed by atoms with E-state index in [4.69, 9.17) is 14.2 Å². The molecule has 158 valence electrons. The maximum atomic E-state index is 11.8. The van der Waals surface area contributed by atoms with Crippen molar-refractivity contribution in [2.45, 2.75) is 38.8 Å². The Balaban J connectivity index is 1.79. The molecule has 0 unspecified atom stereocenters. The number of aromatic nitrogens is 3. The van der Waals surface area contributed by atoms with Gasteiger partial charge in [0.1, 0.15) is 0 Å². The number of nitrogens with zero attached hydrogens (tertiary/aromatic N) is 3. The topological polar surface area (TPSA) is 99.5 Å². The van der Waals surface area contributed by atoms with Gasteiger partial charge in [-0.2, -0.15) is 5.10 Å². The number of carbonyl (C=O) groups is 1. The molecule has 2 N–H and O–H groups in total. The SMILES string of the molecule is CCn1nccc1Oc1cc(C[C@@H]2CCO[C@@H](COC)C2)cnc1NC(=O)NC. The van der Waals surface area contributed by atoms with Crippen molar-refractivity contribution in [1.29, 1.82) is 0 Å². The third-order valence-electron chi connectivity index (χ3n) is 4.91. The zero-order valence-electron chi connectivity index (χ0n) is 17.2. The smallest absolute Gasteiger partial charge is 0.320 e. The van der Waals surface area contributed by atoms with E-state index in [1.165, 1.54) is 0 Å². The molecule has 0 spiro atoms. The van der Waals surface area contributed by atoms with Gasteiger partial charge >= 0.3 is 6.03 Å². The van der Waals surface area contributed by atoms with E-state index >= 15 is 0 Å². The van der Waals surface area contributed by atoms with Crippen LogP contribution in [0.3, 0.4) is 0 Å². The van der Waals surface area contributed by atoms with Gasteiger partial charge in [0.25, 0.3) is 0 Å². The van der Waals surface area contributed by atoms with E-state index in [9.17, 15) is 4.79 Å². The average Bonchev–Trinajstić information content (AvgIpc) is 3.17. The fourth-order valence-corrected chi connectivity index (χ4v) is 3.48. The van der Waals surface area contributed by atoms with Crippen molar-refractivity contribution in [3.8, 4) is 11.6 Å². The first-order valence-electron chi connectivity index (χ1n) is 9.90. The van der Waals surface area contributed by atoms with Crippen LogP contribution in [0.25, 0.3) is 0 Å². The van der Waals surface area contributed by atoms with Crippen LogP contribution in [0, 0.1) is 5.92 Å². The molecule has 0 bridgehead atoms. The molecule has 2 amide bonds. The van der Waals surface area contributed by atoms with Crippen LogP contribution in [0.4, 0.5) is 10.6 Å². The highest BCUT2D eigenvalue weighted by Crippen LogP contribution is 2.31. The van der Waals surface area contributed by atoms with Crippen molar-refractivity contribution in [3.05, 3.63) is 30.1 Å². The molecule has 1 aliphatic rings. The minimum Gasteiger partial charge on any atom is -0.435 e. The molecule has 0 aromatic carbocycles. The van der Waals surface area contributed by atoms with Gasteiger partial charge in [-0.05, 0) is 43.7 Å². The van der Waals surface area contributed by atoms with E-state index in [1.807, 2.05) is 13.0 Å². The fourth-order valence-electron chi connectivity index (χ4n) is 3.48. The minimum absolute atomic E-state index is 0.135. The predicted octanol–water partition coefficient (Wildman–Crippen LogP) is 2.83. The Labute approximate surface area is 170 Å². The van der Waals surface area contributed by atoms with Crippen LogP contribution in [-0.2, 0) is 22.4 Å². The molecule has 0 saturated carbocycles. The molecule has 3 heterocycles. The van der Waals surface area contributed by atoms with E-state index in [0.29, 0.717) is 36.5 Å². The molecule has 29 heavy (non-hydrogen) atoms. The largest absolute Gasteiger partial charge is 0.435 e. The van der Waals surface area contributed by atoms with Gasteiger partial charge in [-0.25, -0.2) is 14.5 Å². The Hall–Kier alpha value is -2.65. The Bertz CT molecular complexity index is 808. The van der Waals surface area contributed by atoms with Crippen LogP contribution in [0.2, 0.25) is 0 Å². The Morgan fingerprint density at radius 1 is 1.45 bits per heavy atom. The van der Waals surface area contributed by atoms with Gasteiger partial charge < -0.3 is 19.5 Å². The molecule has 2 aromatic heterocycles. The van der Waals surface area contributed by atoms with Gasteiger partial charge in [0.2, 0.25) is 5.88 Å². The number of methoxy groups -OCH3 is 1. The van der Waals surface area contributed by atoms with E-state index in [-0.39, 0.29) is 12.1 Å². The molecule has 9 heteroatoms. The number of rotatable bonds is 8. The lowest BCUT2D eigenvalue weighted by atomic mass is 9.90. The Morgan fingerprint density at radius 3 is 3.07 bits per heavy atom. The second kappa shape index (κ2) is 10.2. The third kappa shape index (κ3) is 5.68. The standard InChI is InChI=1S/C20H29N5O4/c1-4-25-18(5-7-23-25)29-17-11-15(12-22-19(17)24-20(26)21-2)9-14-6-8-28-16(10-14)13-27-3/h5,7,11-12,14,16H,4,6,8-10,13H2,1-3H3,(H2,21,22,24,26)/t14-,16+/m0/s1. The normalized spacial score (nSPS) is 19.0. The van der Waals surface area contributed by atoms with Gasteiger partial charge in [0.15, 0.2) is 11.6 Å². The van der Waals surface area contributed by atoms with Gasteiger partial charge in [0.05, 0.1) is 18.9 Å². The number of nitrogens with one attached hydrogen (secondary N) is 2. The van der Waals surface area contributed by atoms with Gasteiger partial charge in [-0.15, -0.1) is 0 Å². The molecule has 0 aliphatic carbocycles. The average molecular weight is 403 g/mol. The Kier molecular flexibility index (Phi) is 7.42. The van der Waals surface area contributed by atoms with E-state index in [1.54, 1.807) is 37.3 Å². The lowest BCUT2D eigenvalue weighted by Crippen LogP contribution is -2.30. The molecular formula is C20H29N5O4. The number of amides is 2. The maximum absolute atomic E-state index is 11.8. The first-order valence-corrected chi connectivity index (χ1v) is 9.90. The number of ether oxygens (including phenoxy) is 3. The van der Waals surface area contributed by atoms with Crippen LogP contribution >= 0.6 is 0 Å². The second-order valence-electron chi connectivity index (χ2n) is 7.02. The van der Waals surface area contributed by atoms with Crippen molar-refractivity contribution >= 4 is 11.8 Å². The maximum Gasteiger partial charge on any atom is 0.320 e. The highest BCUT2D eigenvalue weighted by atomic mass is 16.5. The lowest BCUT2D eigenvalue weighted by Gasteiger charge is -2.29. The summed E-state index contributed by atoms with van der Waals surface area (Å²) in [4.78, 5) is 16.2. The number of anilines is 1. The highest BCUT2D eigenvalue weighted by Gasteiger charge is 2.23. The summed E-state index contributed by atoms with van der Waals surface area (Å²) in [6.45, 7) is 4.01. The number of hydrogen-bond donors (Lipinski definition) is 2. The first-order chi connectivity index (χ1) is 14.1. The summed E-state index contributed by atoms with van der Waals surface area (Å²) in [6.07, 6.45) is 6.41. The quantitative estimate of drug-likeness (QED) is 0.703. The predicted molar refractivity (Wildman–Crippen MR) is 108 cm³/mol. The molecule has 1 fully saturated rings. The van der Waals surface area contributed by atoms with Gasteiger partial charge in [-0.1, -0.05) is 0 Å². The summed E-state index contributed by atoms with van der Waals surface area (Å²) < 4.78 is 18.8. The molecule has 1 saturated heterocycles. The molecule has 1 aliphatic heterocycles. The summed E-state index contributed by atoms with van der Waals surface area (Å²) in [5.74, 6) is 1.93. The summed E-state index contributed by atoms with van der Waals surface area (Å²) in [5.41, 5.74) is 1.05. The second-order valence-corrected chi connectivity index (χ2v) is 7.02. The van der Waals surface area contributed by atoms with Crippen molar-refractivity contribution in [3.63, 3.8) is 0 Å². The van der Waals surface area contributed by atoms with Gasteiger partial charge in [0, 0.05) is 39.6 Å². The van der Waals surface area contributed by atoms with Crippen LogP contribution in [-0.4, -0.2) is 54.3 Å². The third-order valence-corrected chi connectivity index (χ3v) is 4.91. The van der Waals surface area contributed by atoms with E-state index < -0.39 is 0 Å². The molecule has 9 nitrogen and oxygen atoms in total. The van der Waals surface area contributed by atoms with Crippen molar-refractivity contribution in [2.75, 3.05) is 32.7 Å².